The summed E-state index contributed by atoms with van der Waals surface area (Å²) in [7, 11) is 1.34. The van der Waals surface area contributed by atoms with Gasteiger partial charge in [0, 0.05) is 43.3 Å². The Morgan fingerprint density at radius 1 is 1.12 bits per heavy atom. The molecule has 0 spiro atoms. The summed E-state index contributed by atoms with van der Waals surface area (Å²) in [5.41, 5.74) is 1.63. The van der Waals surface area contributed by atoms with Crippen LogP contribution in [0.3, 0.4) is 0 Å². The van der Waals surface area contributed by atoms with Crippen LogP contribution >= 0.6 is 0 Å². The molecular weight excluding hydrogens is 313 g/mol. The molecule has 2 aromatic rings. The molecule has 24 heavy (non-hydrogen) atoms. The molecule has 0 radical (unpaired) electrons. The highest BCUT2D eigenvalue weighted by molar-refractivity contribution is 6.06. The van der Waals surface area contributed by atoms with Gasteiger partial charge in [0.15, 0.2) is 0 Å². The third-order valence-electron chi connectivity index (χ3n) is 4.13. The number of hydrogen-bond acceptors (Lipinski definition) is 4. The van der Waals surface area contributed by atoms with Gasteiger partial charge in [-0.2, -0.15) is 0 Å². The van der Waals surface area contributed by atoms with Crippen LogP contribution in [0, 0.1) is 12.7 Å². The van der Waals surface area contributed by atoms with E-state index in [1.165, 1.54) is 19.2 Å². The zero-order valence-corrected chi connectivity index (χ0v) is 13.6. The topological polar surface area (TPSA) is 62.7 Å². The van der Waals surface area contributed by atoms with Crippen molar-refractivity contribution in [3.63, 3.8) is 0 Å². The molecule has 1 aromatic carbocycles. The van der Waals surface area contributed by atoms with Crippen molar-refractivity contribution in [3.8, 4) is 0 Å². The van der Waals surface area contributed by atoms with E-state index in [-0.39, 0.29) is 17.8 Å². The van der Waals surface area contributed by atoms with E-state index < -0.39 is 0 Å². The Bertz CT molecular complexity index is 796. The zero-order valence-electron chi connectivity index (χ0n) is 13.6. The molecular formula is C17H18FN3O3. The molecule has 0 N–H and O–H groups in total. The number of halogens is 1. The molecule has 3 rings (SSSR count). The van der Waals surface area contributed by atoms with Crippen LogP contribution in [-0.4, -0.2) is 60.1 Å². The Kier molecular flexibility index (Phi) is 4.33. The molecule has 6 nitrogen and oxygen atoms in total. The van der Waals surface area contributed by atoms with Gasteiger partial charge in [0.25, 0.3) is 5.91 Å². The minimum atomic E-state index is -0.386. The van der Waals surface area contributed by atoms with E-state index >= 15 is 0 Å². The fraction of sp³-hybridized carbons (Fsp3) is 0.353. The number of hydrogen-bond donors (Lipinski definition) is 0. The van der Waals surface area contributed by atoms with E-state index in [1.54, 1.807) is 28.9 Å². The first-order chi connectivity index (χ1) is 11.5. The Morgan fingerprint density at radius 3 is 2.46 bits per heavy atom. The van der Waals surface area contributed by atoms with Gasteiger partial charge in [-0.25, -0.2) is 9.18 Å². The molecule has 1 fully saturated rings. The first kappa shape index (κ1) is 16.2. The van der Waals surface area contributed by atoms with E-state index in [0.29, 0.717) is 48.3 Å². The number of rotatable bonds is 1. The second-order valence-electron chi connectivity index (χ2n) is 5.72. The van der Waals surface area contributed by atoms with E-state index in [1.807, 2.05) is 0 Å². The van der Waals surface area contributed by atoms with Gasteiger partial charge >= 0.3 is 6.09 Å². The van der Waals surface area contributed by atoms with E-state index in [2.05, 4.69) is 4.98 Å². The van der Waals surface area contributed by atoms with Crippen LogP contribution in [0.1, 0.15) is 16.1 Å². The zero-order chi connectivity index (χ0) is 17.3. The number of carbonyl (C=O) groups is 2. The molecule has 126 valence electrons. The summed E-state index contributed by atoms with van der Waals surface area (Å²) >= 11 is 0. The maximum absolute atomic E-state index is 13.4. The molecule has 0 aliphatic carbocycles. The highest BCUT2D eigenvalue weighted by Gasteiger charge is 2.26. The highest BCUT2D eigenvalue weighted by atomic mass is 19.1. The molecule has 0 bridgehead atoms. The second-order valence-corrected chi connectivity index (χ2v) is 5.72. The number of aromatic nitrogens is 1. The number of nitrogens with zero attached hydrogens (tertiary/aromatic N) is 3. The minimum Gasteiger partial charge on any atom is -0.453 e. The third-order valence-corrected chi connectivity index (χ3v) is 4.13. The molecule has 1 saturated heterocycles. The lowest BCUT2D eigenvalue weighted by Gasteiger charge is -2.34. The maximum Gasteiger partial charge on any atom is 0.409 e. The Morgan fingerprint density at radius 2 is 1.79 bits per heavy atom. The Labute approximate surface area is 138 Å². The quantitative estimate of drug-likeness (QED) is 0.804. The van der Waals surface area contributed by atoms with Gasteiger partial charge in [-0.05, 0) is 25.1 Å². The van der Waals surface area contributed by atoms with E-state index in [9.17, 15) is 14.0 Å². The average molecular weight is 331 g/mol. The number of benzene rings is 1. The summed E-state index contributed by atoms with van der Waals surface area (Å²) in [6.45, 7) is 3.48. The summed E-state index contributed by atoms with van der Waals surface area (Å²) in [6, 6.07) is 5.95. The van der Waals surface area contributed by atoms with E-state index in [4.69, 9.17) is 4.74 Å². The summed E-state index contributed by atoms with van der Waals surface area (Å²) in [5, 5.41) is 0.627. The van der Waals surface area contributed by atoms with E-state index in [0.717, 1.165) is 0 Å². The van der Waals surface area contributed by atoms with Crippen LogP contribution < -0.4 is 0 Å². The largest absolute Gasteiger partial charge is 0.453 e. The van der Waals surface area contributed by atoms with Gasteiger partial charge in [-0.15, -0.1) is 0 Å². The normalized spacial score (nSPS) is 14.8. The number of carbonyl (C=O) groups excluding carboxylic acids is 2. The molecule has 2 amide bonds. The Balaban J connectivity index is 1.86. The highest BCUT2D eigenvalue weighted by Crippen LogP contribution is 2.21. The van der Waals surface area contributed by atoms with Crippen molar-refractivity contribution in [1.29, 1.82) is 0 Å². The number of ether oxygens (including phenoxy) is 1. The number of methoxy groups -OCH3 is 1. The summed E-state index contributed by atoms with van der Waals surface area (Å²) in [4.78, 5) is 31.9. The van der Waals surface area contributed by atoms with Crippen molar-refractivity contribution in [2.45, 2.75) is 6.92 Å². The first-order valence-corrected chi connectivity index (χ1v) is 7.68. The number of amides is 2. The lowest BCUT2D eigenvalue weighted by Crippen LogP contribution is -2.50. The second kappa shape index (κ2) is 6.43. The third kappa shape index (κ3) is 3.02. The van der Waals surface area contributed by atoms with Crippen LogP contribution in [-0.2, 0) is 4.74 Å². The van der Waals surface area contributed by atoms with Crippen LogP contribution in [0.5, 0.6) is 0 Å². The van der Waals surface area contributed by atoms with Crippen LogP contribution in [0.4, 0.5) is 9.18 Å². The van der Waals surface area contributed by atoms with Crippen LogP contribution in [0.25, 0.3) is 10.9 Å². The molecule has 0 atom stereocenters. The molecule has 1 aliphatic heterocycles. The lowest BCUT2D eigenvalue weighted by molar-refractivity contribution is 0.0601. The van der Waals surface area contributed by atoms with Crippen molar-refractivity contribution >= 4 is 22.9 Å². The first-order valence-electron chi connectivity index (χ1n) is 7.68. The van der Waals surface area contributed by atoms with Gasteiger partial charge in [0.1, 0.15) is 5.82 Å². The smallest absolute Gasteiger partial charge is 0.409 e. The lowest BCUT2D eigenvalue weighted by atomic mass is 10.1. The maximum atomic E-state index is 13.4. The monoisotopic (exact) mass is 331 g/mol. The van der Waals surface area contributed by atoms with Crippen molar-refractivity contribution in [3.05, 3.63) is 41.3 Å². The van der Waals surface area contributed by atoms with Crippen molar-refractivity contribution < 1.29 is 18.7 Å². The Hall–Kier alpha value is -2.70. The van der Waals surface area contributed by atoms with Gasteiger partial charge < -0.3 is 14.5 Å². The summed E-state index contributed by atoms with van der Waals surface area (Å²) in [6.07, 6.45) is -0.386. The number of pyridine rings is 1. The van der Waals surface area contributed by atoms with Crippen LogP contribution in [0.15, 0.2) is 24.3 Å². The summed E-state index contributed by atoms with van der Waals surface area (Å²) in [5.74, 6) is -0.521. The van der Waals surface area contributed by atoms with Crippen molar-refractivity contribution in [2.75, 3.05) is 33.3 Å². The molecule has 1 aromatic heterocycles. The van der Waals surface area contributed by atoms with Crippen molar-refractivity contribution in [2.24, 2.45) is 0 Å². The summed E-state index contributed by atoms with van der Waals surface area (Å²) < 4.78 is 18.1. The van der Waals surface area contributed by atoms with Gasteiger partial charge in [-0.1, -0.05) is 0 Å². The SMILES string of the molecule is COC(=O)N1CCN(C(=O)c2cc(C)nc3cc(F)ccc23)CC1. The molecule has 0 unspecified atom stereocenters. The van der Waals surface area contributed by atoms with Gasteiger partial charge in [0.2, 0.25) is 0 Å². The predicted molar refractivity (Wildman–Crippen MR) is 86.3 cm³/mol. The van der Waals surface area contributed by atoms with Crippen molar-refractivity contribution in [1.82, 2.24) is 14.8 Å². The van der Waals surface area contributed by atoms with Gasteiger partial charge in [0.05, 0.1) is 18.2 Å². The fourth-order valence-electron chi connectivity index (χ4n) is 2.90. The number of piperazine rings is 1. The fourth-order valence-corrected chi connectivity index (χ4v) is 2.90. The minimum absolute atomic E-state index is 0.137. The molecule has 0 saturated carbocycles. The standard InChI is InChI=1S/C17H18FN3O3/c1-11-9-14(13-4-3-12(18)10-15(13)19-11)16(22)20-5-7-21(8-6-20)17(23)24-2/h3-4,9-10H,5-8H2,1-2H3. The average Bonchev–Trinajstić information content (AvgIpc) is 2.59. The predicted octanol–water partition coefficient (Wildman–Crippen LogP) is 2.21. The molecule has 2 heterocycles. The van der Waals surface area contributed by atoms with Crippen LogP contribution in [0.2, 0.25) is 0 Å². The molecule has 1 aliphatic rings. The molecule has 7 heteroatoms. The number of aryl methyl sites for hydroxylation is 1. The number of fused-ring (bicyclic) bond motifs is 1. The van der Waals surface area contributed by atoms with Gasteiger partial charge in [-0.3, -0.25) is 9.78 Å².